The summed E-state index contributed by atoms with van der Waals surface area (Å²) >= 11 is 1.53. The molecule has 0 unspecified atom stereocenters. The van der Waals surface area contributed by atoms with Gasteiger partial charge in [0.05, 0.1) is 0 Å². The van der Waals surface area contributed by atoms with Gasteiger partial charge in [-0.2, -0.15) is 0 Å². The lowest BCUT2D eigenvalue weighted by Gasteiger charge is -1.62. The number of hydrogen-bond donors (Lipinski definition) is 1. The molecule has 0 aliphatic carbocycles. The lowest BCUT2D eigenvalue weighted by atomic mass is 10.7. The molecule has 7 heavy (non-hydrogen) atoms. The Morgan fingerprint density at radius 2 is 2.71 bits per heavy atom. The van der Waals surface area contributed by atoms with E-state index in [9.17, 15) is 0 Å². The van der Waals surface area contributed by atoms with Gasteiger partial charge in [0, 0.05) is 5.38 Å². The second-order valence-electron chi connectivity index (χ2n) is 1.32. The minimum atomic E-state index is 0.924. The van der Waals surface area contributed by atoms with E-state index < -0.39 is 0 Å². The molecule has 0 saturated heterocycles. The van der Waals surface area contributed by atoms with Gasteiger partial charge in [-0.25, -0.2) is 0 Å². The van der Waals surface area contributed by atoms with Gasteiger partial charge in [-0.1, -0.05) is 11.5 Å². The van der Waals surface area contributed by atoms with Crippen LogP contribution in [0.15, 0.2) is 15.9 Å². The van der Waals surface area contributed by atoms with Crippen molar-refractivity contribution in [3.05, 3.63) is 22.4 Å². The van der Waals surface area contributed by atoms with Crippen LogP contribution in [0.25, 0.3) is 0 Å². The van der Waals surface area contributed by atoms with Gasteiger partial charge in [0.25, 0.3) is 0 Å². The quantitative estimate of drug-likeness (QED) is 0.549. The van der Waals surface area contributed by atoms with Crippen LogP contribution >= 0.6 is 11.5 Å². The first-order valence-electron chi connectivity index (χ1n) is 1.97. The first-order valence-corrected chi connectivity index (χ1v) is 2.85. The Hall–Kier alpha value is -0.700. The molecule has 0 amide bonds. The monoisotopic (exact) mass is 113 g/mol. The first-order chi connectivity index (χ1) is 3.47. The molecular weight excluding hydrogens is 110 g/mol. The third kappa shape index (κ3) is 0.381. The van der Waals surface area contributed by atoms with Crippen molar-refractivity contribution in [3.8, 4) is 0 Å². The average Bonchev–Trinajstić information content (AvgIpc) is 2.41. The molecule has 0 aromatic rings. The van der Waals surface area contributed by atoms with Crippen LogP contribution in [0.1, 0.15) is 0 Å². The Balaban J connectivity index is 3.06. The maximum absolute atomic E-state index is 4.89. The predicted molar refractivity (Wildman–Crippen MR) is 26.2 cm³/mol. The van der Waals surface area contributed by atoms with Gasteiger partial charge < -0.3 is 4.42 Å². The van der Waals surface area contributed by atoms with Crippen molar-refractivity contribution in [2.75, 3.05) is 0 Å². The normalized spacial score (nSPS) is 10.9. The predicted octanol–water partition coefficient (Wildman–Crippen LogP) is 1.39. The van der Waals surface area contributed by atoms with E-state index in [-0.39, 0.29) is 0 Å². The Kier molecular flexibility index (Phi) is 0.438. The molecule has 1 N–H and O–H groups in total. The Morgan fingerprint density at radius 3 is 3.29 bits per heavy atom. The van der Waals surface area contributed by atoms with E-state index in [2.05, 4.69) is 4.37 Å². The Morgan fingerprint density at radius 1 is 1.71 bits per heavy atom. The molecule has 2 rings (SSSR count). The van der Waals surface area contributed by atoms with Crippen LogP contribution < -0.4 is 0 Å². The van der Waals surface area contributed by atoms with E-state index in [0.717, 1.165) is 11.0 Å². The number of aromatic nitrogens is 1. The summed E-state index contributed by atoms with van der Waals surface area (Å²) in [5.74, 6) is 0. The molecular formula is C4H3NOS. The van der Waals surface area contributed by atoms with Gasteiger partial charge in [-0.15, -0.1) is 0 Å². The molecule has 0 saturated carbocycles. The molecule has 0 aromatic carbocycles. The third-order valence-electron chi connectivity index (χ3n) is 0.833. The molecule has 0 radical (unpaired) electrons. The lowest BCUT2D eigenvalue weighted by molar-refractivity contribution is 0.629. The number of rotatable bonds is 0. The minimum Gasteiger partial charge on any atom is -0.431 e. The highest BCUT2D eigenvalue weighted by molar-refractivity contribution is 7.03. The topological polar surface area (TPSA) is 28.9 Å². The van der Waals surface area contributed by atoms with Crippen LogP contribution in [0, 0.1) is 11.0 Å². The van der Waals surface area contributed by atoms with Crippen molar-refractivity contribution in [2.45, 2.75) is 0 Å². The summed E-state index contributed by atoms with van der Waals surface area (Å²) < 4.78 is 7.84. The highest BCUT2D eigenvalue weighted by Gasteiger charge is 1.94. The van der Waals surface area contributed by atoms with Crippen molar-refractivity contribution in [1.29, 1.82) is 0 Å². The fourth-order valence-electron chi connectivity index (χ4n) is 0.449. The molecule has 3 heteroatoms. The minimum absolute atomic E-state index is 0.924. The fraction of sp³-hybridized carbons (Fsp3) is 0. The molecule has 2 nitrogen and oxygen atoms in total. The summed E-state index contributed by atoms with van der Waals surface area (Å²) in [6.07, 6.45) is 0. The molecule has 2 aliphatic rings. The number of nitrogens with one attached hydrogen (secondary N) is 1. The van der Waals surface area contributed by atoms with E-state index >= 15 is 0 Å². The highest BCUT2D eigenvalue weighted by Crippen LogP contribution is 2.03. The lowest BCUT2D eigenvalue weighted by Crippen LogP contribution is -1.51. The molecule has 2 heterocycles. The molecule has 2 aliphatic heterocycles. The van der Waals surface area contributed by atoms with Gasteiger partial charge in [0.15, 0.2) is 5.42 Å². The van der Waals surface area contributed by atoms with Crippen molar-refractivity contribution in [2.24, 2.45) is 0 Å². The second-order valence-corrected chi connectivity index (χ2v) is 2.03. The Bertz CT molecular complexity index is 262. The van der Waals surface area contributed by atoms with Gasteiger partial charge in [0.2, 0.25) is 5.55 Å². The van der Waals surface area contributed by atoms with Gasteiger partial charge in [0.1, 0.15) is 0 Å². The summed E-state index contributed by atoms with van der Waals surface area (Å²) in [6.45, 7) is 0. The third-order valence-corrected chi connectivity index (χ3v) is 1.41. The number of H-pyrrole nitrogens is 1. The van der Waals surface area contributed by atoms with Crippen molar-refractivity contribution in [1.82, 2.24) is 4.37 Å². The molecule has 0 spiro atoms. The van der Waals surface area contributed by atoms with E-state index in [1.165, 1.54) is 11.5 Å². The summed E-state index contributed by atoms with van der Waals surface area (Å²) in [4.78, 5) is 0. The number of aromatic amines is 1. The fourth-order valence-corrected chi connectivity index (χ4v) is 0.958. The standard InChI is InChI=1S/C4H3NOS/c1-2-7-5-4-3(1)6-4/h1-2,5H. The molecule has 0 fully saturated rings. The summed E-state index contributed by atoms with van der Waals surface area (Å²) in [5, 5.41) is 1.95. The summed E-state index contributed by atoms with van der Waals surface area (Å²) in [7, 11) is 0. The SMILES string of the molecule is c1cc2oc=2[nH]s1. The zero-order valence-corrected chi connectivity index (χ0v) is 4.29. The van der Waals surface area contributed by atoms with Gasteiger partial charge >= 0.3 is 0 Å². The molecule has 0 atom stereocenters. The molecule has 36 valence electrons. The van der Waals surface area contributed by atoms with Gasteiger partial charge in [-0.3, -0.25) is 4.37 Å². The first kappa shape index (κ1) is 3.32. The van der Waals surface area contributed by atoms with Crippen molar-refractivity contribution >= 4 is 11.5 Å². The summed E-state index contributed by atoms with van der Waals surface area (Å²) in [5.41, 5.74) is 1.91. The number of hydrogen-bond acceptors (Lipinski definition) is 2. The molecule has 0 aromatic heterocycles. The van der Waals surface area contributed by atoms with Gasteiger partial charge in [-0.05, 0) is 6.07 Å². The van der Waals surface area contributed by atoms with Crippen LogP contribution in [0.4, 0.5) is 0 Å². The zero-order valence-electron chi connectivity index (χ0n) is 3.47. The van der Waals surface area contributed by atoms with Crippen LogP contribution in [0.3, 0.4) is 0 Å². The second kappa shape index (κ2) is 0.924. The van der Waals surface area contributed by atoms with E-state index in [4.69, 9.17) is 4.42 Å². The van der Waals surface area contributed by atoms with Crippen LogP contribution in [0.2, 0.25) is 0 Å². The van der Waals surface area contributed by atoms with Crippen LogP contribution in [0.5, 0.6) is 0 Å². The largest absolute Gasteiger partial charge is 0.431 e. The van der Waals surface area contributed by atoms with E-state index in [0.29, 0.717) is 0 Å². The maximum atomic E-state index is 4.89. The highest BCUT2D eigenvalue weighted by atomic mass is 32.1. The molecule has 0 bridgehead atoms. The Labute approximate surface area is 43.6 Å². The van der Waals surface area contributed by atoms with Crippen LogP contribution in [-0.4, -0.2) is 4.37 Å². The smallest absolute Gasteiger partial charge is 0.250 e. The zero-order chi connectivity index (χ0) is 4.69. The maximum Gasteiger partial charge on any atom is 0.250 e. The summed E-state index contributed by atoms with van der Waals surface area (Å²) in [6, 6.07) is 1.94. The van der Waals surface area contributed by atoms with Crippen molar-refractivity contribution in [3.63, 3.8) is 0 Å². The van der Waals surface area contributed by atoms with Crippen molar-refractivity contribution < 1.29 is 4.42 Å². The van der Waals surface area contributed by atoms with E-state index in [1.807, 2.05) is 11.4 Å². The van der Waals surface area contributed by atoms with E-state index in [1.54, 1.807) is 0 Å². The average molecular weight is 113 g/mol. The van der Waals surface area contributed by atoms with Crippen LogP contribution in [-0.2, 0) is 0 Å².